The third-order valence-corrected chi connectivity index (χ3v) is 6.13. The minimum atomic E-state index is -0.411. The second-order valence-corrected chi connectivity index (χ2v) is 8.22. The smallest absolute Gasteiger partial charge is 0.229 e. The average Bonchev–Trinajstić information content (AvgIpc) is 3.25. The fraction of sp³-hybridized carbons (Fsp3) is 0.375. The molecule has 0 aliphatic carbocycles. The summed E-state index contributed by atoms with van der Waals surface area (Å²) in [6.07, 6.45) is 6.04. The number of likely N-dealkylation sites (N-methyl/N-ethyl adjacent to an activating group) is 1. The highest BCUT2D eigenvalue weighted by Gasteiger charge is 2.28. The standard InChI is InChI=1S/C24H28FN5O/c1-18(20-8-9-23(26-14-20)30-17-21(25)15-27-30)24(31)28(2)22-10-12-29(13-11-22)16-19-6-4-3-5-7-19/h3-9,14-15,17-18,22H,10-13,16H2,1-2H3. The van der Waals surface area contributed by atoms with Crippen LogP contribution in [0.25, 0.3) is 5.82 Å². The number of piperidine rings is 1. The van der Waals surface area contributed by atoms with Crippen molar-refractivity contribution in [1.82, 2.24) is 24.6 Å². The molecule has 1 aromatic carbocycles. The molecule has 0 saturated carbocycles. The Bertz CT molecular complexity index is 996. The molecule has 1 unspecified atom stereocenters. The molecule has 0 bridgehead atoms. The van der Waals surface area contributed by atoms with E-state index in [1.165, 1.54) is 16.4 Å². The summed E-state index contributed by atoms with van der Waals surface area (Å²) in [6, 6.07) is 14.4. The van der Waals surface area contributed by atoms with E-state index in [-0.39, 0.29) is 17.9 Å². The van der Waals surface area contributed by atoms with Crippen molar-refractivity contribution >= 4 is 5.91 Å². The fourth-order valence-electron chi connectivity index (χ4n) is 4.15. The van der Waals surface area contributed by atoms with Gasteiger partial charge in [-0.3, -0.25) is 9.69 Å². The van der Waals surface area contributed by atoms with Crippen LogP contribution >= 0.6 is 0 Å². The van der Waals surface area contributed by atoms with Crippen molar-refractivity contribution in [2.45, 2.75) is 38.3 Å². The second-order valence-electron chi connectivity index (χ2n) is 8.22. The predicted molar refractivity (Wildman–Crippen MR) is 117 cm³/mol. The van der Waals surface area contributed by atoms with E-state index < -0.39 is 5.82 Å². The number of hydrogen-bond acceptors (Lipinski definition) is 4. The zero-order chi connectivity index (χ0) is 21.8. The van der Waals surface area contributed by atoms with E-state index in [4.69, 9.17) is 0 Å². The molecule has 7 heteroatoms. The summed E-state index contributed by atoms with van der Waals surface area (Å²) in [7, 11) is 1.91. The van der Waals surface area contributed by atoms with E-state index in [1.54, 1.807) is 12.3 Å². The summed E-state index contributed by atoms with van der Waals surface area (Å²) in [5.74, 6) is -0.0817. The van der Waals surface area contributed by atoms with Crippen LogP contribution in [-0.4, -0.2) is 56.7 Å². The number of rotatable bonds is 6. The molecule has 0 spiro atoms. The molecule has 6 nitrogen and oxygen atoms in total. The number of aromatic nitrogens is 3. The Morgan fingerprint density at radius 3 is 2.52 bits per heavy atom. The van der Waals surface area contributed by atoms with Gasteiger partial charge in [0.2, 0.25) is 5.91 Å². The van der Waals surface area contributed by atoms with Crippen LogP contribution in [0.15, 0.2) is 61.1 Å². The van der Waals surface area contributed by atoms with Crippen LogP contribution < -0.4 is 0 Å². The molecular weight excluding hydrogens is 393 g/mol. The molecule has 1 aliphatic heterocycles. The topological polar surface area (TPSA) is 54.3 Å². The first kappa shape index (κ1) is 21.2. The molecule has 0 radical (unpaired) electrons. The molecule has 1 saturated heterocycles. The van der Waals surface area contributed by atoms with Gasteiger partial charge in [-0.05, 0) is 37.0 Å². The number of halogens is 1. The van der Waals surface area contributed by atoms with Crippen LogP contribution in [0, 0.1) is 5.82 Å². The zero-order valence-electron chi connectivity index (χ0n) is 18.0. The maximum Gasteiger partial charge on any atom is 0.229 e. The monoisotopic (exact) mass is 421 g/mol. The Morgan fingerprint density at radius 2 is 1.90 bits per heavy atom. The number of pyridine rings is 1. The van der Waals surface area contributed by atoms with Gasteiger partial charge >= 0.3 is 0 Å². The summed E-state index contributed by atoms with van der Waals surface area (Å²) in [5, 5.41) is 3.92. The lowest BCUT2D eigenvalue weighted by Gasteiger charge is -2.37. The van der Waals surface area contributed by atoms with Gasteiger partial charge in [0.1, 0.15) is 0 Å². The highest BCUT2D eigenvalue weighted by Crippen LogP contribution is 2.23. The lowest BCUT2D eigenvalue weighted by Crippen LogP contribution is -2.46. The minimum Gasteiger partial charge on any atom is -0.342 e. The number of benzene rings is 1. The van der Waals surface area contributed by atoms with E-state index in [2.05, 4.69) is 39.2 Å². The first-order valence-electron chi connectivity index (χ1n) is 10.7. The van der Waals surface area contributed by atoms with Gasteiger partial charge in [-0.2, -0.15) is 5.10 Å². The second kappa shape index (κ2) is 9.39. The quantitative estimate of drug-likeness (QED) is 0.610. The van der Waals surface area contributed by atoms with Gasteiger partial charge in [-0.1, -0.05) is 36.4 Å². The molecule has 1 atom stereocenters. The van der Waals surface area contributed by atoms with Crippen LogP contribution in [0.1, 0.15) is 36.8 Å². The Kier molecular flexibility index (Phi) is 6.42. The number of amides is 1. The fourth-order valence-corrected chi connectivity index (χ4v) is 4.15. The molecule has 0 N–H and O–H groups in total. The number of hydrogen-bond donors (Lipinski definition) is 0. The third kappa shape index (κ3) is 4.99. The lowest BCUT2D eigenvalue weighted by atomic mass is 9.98. The van der Waals surface area contributed by atoms with E-state index >= 15 is 0 Å². The van der Waals surface area contributed by atoms with Crippen molar-refractivity contribution in [3.05, 3.63) is 78.0 Å². The van der Waals surface area contributed by atoms with Gasteiger partial charge in [0.05, 0.1) is 18.3 Å². The number of carbonyl (C=O) groups excluding carboxylic acids is 1. The number of likely N-dealkylation sites (tertiary alicyclic amines) is 1. The summed E-state index contributed by atoms with van der Waals surface area (Å²) >= 11 is 0. The Hall–Kier alpha value is -3.06. The predicted octanol–water partition coefficient (Wildman–Crippen LogP) is 3.63. The number of nitrogens with zero attached hydrogens (tertiary/aromatic N) is 5. The van der Waals surface area contributed by atoms with Crippen LogP contribution in [0.4, 0.5) is 4.39 Å². The molecule has 1 aliphatic rings. The normalized spacial score (nSPS) is 16.2. The van der Waals surface area contributed by atoms with Gasteiger partial charge in [-0.25, -0.2) is 14.1 Å². The van der Waals surface area contributed by atoms with E-state index in [1.807, 2.05) is 31.0 Å². The number of carbonyl (C=O) groups is 1. The van der Waals surface area contributed by atoms with Crippen LogP contribution in [0.3, 0.4) is 0 Å². The van der Waals surface area contributed by atoms with Crippen LogP contribution in [0.2, 0.25) is 0 Å². The van der Waals surface area contributed by atoms with E-state index in [9.17, 15) is 9.18 Å². The van der Waals surface area contributed by atoms with E-state index in [0.29, 0.717) is 5.82 Å². The molecular formula is C24H28FN5O. The van der Waals surface area contributed by atoms with E-state index in [0.717, 1.165) is 44.2 Å². The average molecular weight is 422 g/mol. The molecule has 162 valence electrons. The minimum absolute atomic E-state index is 0.0983. The largest absolute Gasteiger partial charge is 0.342 e. The first-order chi connectivity index (χ1) is 15.0. The van der Waals surface area contributed by atoms with Crippen molar-refractivity contribution in [2.24, 2.45) is 0 Å². The zero-order valence-corrected chi connectivity index (χ0v) is 18.0. The Balaban J connectivity index is 1.32. The van der Waals surface area contributed by atoms with Crippen molar-refractivity contribution in [3.8, 4) is 5.82 Å². The molecule has 31 heavy (non-hydrogen) atoms. The van der Waals surface area contributed by atoms with Crippen molar-refractivity contribution in [1.29, 1.82) is 0 Å². The summed E-state index contributed by atoms with van der Waals surface area (Å²) < 4.78 is 14.5. The maximum atomic E-state index is 13.2. The van der Waals surface area contributed by atoms with Crippen molar-refractivity contribution in [3.63, 3.8) is 0 Å². The SMILES string of the molecule is CC(C(=O)N(C)C1CCN(Cc2ccccc2)CC1)c1ccc(-n2cc(F)cn2)nc1. The van der Waals surface area contributed by atoms with Crippen molar-refractivity contribution in [2.75, 3.05) is 20.1 Å². The molecule has 1 fully saturated rings. The first-order valence-corrected chi connectivity index (χ1v) is 10.7. The summed E-state index contributed by atoms with van der Waals surface area (Å²) in [4.78, 5) is 21.8. The Morgan fingerprint density at radius 1 is 1.16 bits per heavy atom. The van der Waals surface area contributed by atoms with Gasteiger partial charge in [0, 0.05) is 38.9 Å². The van der Waals surface area contributed by atoms with Gasteiger partial charge < -0.3 is 4.90 Å². The van der Waals surface area contributed by atoms with Crippen molar-refractivity contribution < 1.29 is 9.18 Å². The summed E-state index contributed by atoms with van der Waals surface area (Å²) in [6.45, 7) is 4.85. The summed E-state index contributed by atoms with van der Waals surface area (Å²) in [5.41, 5.74) is 2.17. The molecule has 4 rings (SSSR count). The maximum absolute atomic E-state index is 13.2. The molecule has 3 aromatic rings. The van der Waals surface area contributed by atoms with Crippen LogP contribution in [-0.2, 0) is 11.3 Å². The highest BCUT2D eigenvalue weighted by atomic mass is 19.1. The lowest BCUT2D eigenvalue weighted by molar-refractivity contribution is -0.134. The molecule has 1 amide bonds. The molecule has 2 aromatic heterocycles. The van der Waals surface area contributed by atoms with Crippen LogP contribution in [0.5, 0.6) is 0 Å². The third-order valence-electron chi connectivity index (χ3n) is 6.13. The van der Waals surface area contributed by atoms with Gasteiger partial charge in [0.25, 0.3) is 0 Å². The Labute approximate surface area is 182 Å². The van der Waals surface area contributed by atoms with Gasteiger partial charge in [0.15, 0.2) is 11.6 Å². The highest BCUT2D eigenvalue weighted by molar-refractivity contribution is 5.83. The van der Waals surface area contributed by atoms with Gasteiger partial charge in [-0.15, -0.1) is 0 Å². The molecule has 3 heterocycles.